The first-order valence-electron chi connectivity index (χ1n) is 6.86. The van der Waals surface area contributed by atoms with Gasteiger partial charge in [-0.15, -0.1) is 0 Å². The molecular weight excluding hydrogens is 374 g/mol. The standard InChI is InChI=1S/C14H14ClN3O4S2/c15-10-7-11-13(8-12(10)23(16,19)20)24(21,22)18-14(17-11)6-9-4-2-1-3-5-9/h1-5,7-8,14,17-18H,6H2,(H2,16,19,20)/t14-/m1/s1. The van der Waals surface area contributed by atoms with Crippen molar-refractivity contribution >= 4 is 37.3 Å². The first-order valence-corrected chi connectivity index (χ1v) is 10.3. The maximum Gasteiger partial charge on any atom is 0.244 e. The minimum absolute atomic E-state index is 0.140. The third kappa shape index (κ3) is 3.40. The van der Waals surface area contributed by atoms with Crippen LogP contribution < -0.4 is 15.2 Å². The van der Waals surface area contributed by atoms with E-state index in [-0.39, 0.29) is 15.6 Å². The summed E-state index contributed by atoms with van der Waals surface area (Å²) in [4.78, 5) is -0.642. The van der Waals surface area contributed by atoms with E-state index in [1.54, 1.807) is 0 Å². The van der Waals surface area contributed by atoms with Crippen molar-refractivity contribution in [3.05, 3.63) is 53.1 Å². The number of rotatable bonds is 3. The van der Waals surface area contributed by atoms with Crippen LogP contribution in [0.3, 0.4) is 0 Å². The Bertz CT molecular complexity index is 992. The van der Waals surface area contributed by atoms with Gasteiger partial charge in [0.25, 0.3) is 0 Å². The van der Waals surface area contributed by atoms with Crippen molar-refractivity contribution < 1.29 is 16.8 Å². The summed E-state index contributed by atoms with van der Waals surface area (Å²) in [6.45, 7) is 0. The second-order valence-electron chi connectivity index (χ2n) is 5.33. The summed E-state index contributed by atoms with van der Waals surface area (Å²) >= 11 is 5.93. The van der Waals surface area contributed by atoms with Crippen LogP contribution in [0.5, 0.6) is 0 Å². The second-order valence-corrected chi connectivity index (χ2v) is 8.95. The number of sulfonamides is 2. The number of nitrogens with two attached hydrogens (primary N) is 1. The summed E-state index contributed by atoms with van der Waals surface area (Å²) in [6.07, 6.45) is -0.171. The Balaban J connectivity index is 2.01. The largest absolute Gasteiger partial charge is 0.367 e. The molecule has 1 aliphatic heterocycles. The number of halogens is 1. The molecule has 0 fully saturated rings. The molecule has 2 aromatic rings. The van der Waals surface area contributed by atoms with Gasteiger partial charge in [0.2, 0.25) is 20.0 Å². The van der Waals surface area contributed by atoms with Gasteiger partial charge in [0, 0.05) is 6.42 Å². The summed E-state index contributed by atoms with van der Waals surface area (Å²) in [5, 5.41) is 7.93. The highest BCUT2D eigenvalue weighted by Crippen LogP contribution is 2.33. The highest BCUT2D eigenvalue weighted by molar-refractivity contribution is 7.90. The van der Waals surface area contributed by atoms with Gasteiger partial charge < -0.3 is 5.32 Å². The van der Waals surface area contributed by atoms with Crippen molar-refractivity contribution in [3.8, 4) is 0 Å². The molecular formula is C14H14ClN3O4S2. The number of primary sulfonamides is 1. The van der Waals surface area contributed by atoms with Crippen molar-refractivity contribution in [2.24, 2.45) is 5.14 Å². The smallest absolute Gasteiger partial charge is 0.244 e. The third-order valence-electron chi connectivity index (χ3n) is 3.54. The molecule has 0 aromatic heterocycles. The number of fused-ring (bicyclic) bond motifs is 1. The number of hydrogen-bond donors (Lipinski definition) is 3. The van der Waals surface area contributed by atoms with Gasteiger partial charge in [-0.05, 0) is 17.7 Å². The van der Waals surface area contributed by atoms with E-state index in [0.29, 0.717) is 6.42 Å². The molecule has 0 saturated carbocycles. The Labute approximate surface area is 144 Å². The fraction of sp³-hybridized carbons (Fsp3) is 0.143. The van der Waals surface area contributed by atoms with Gasteiger partial charge in [-0.3, -0.25) is 0 Å². The van der Waals surface area contributed by atoms with Crippen LogP contribution in [0.2, 0.25) is 5.02 Å². The lowest BCUT2D eigenvalue weighted by atomic mass is 10.1. The Kier molecular flexibility index (Phi) is 4.30. The van der Waals surface area contributed by atoms with E-state index in [0.717, 1.165) is 11.6 Å². The van der Waals surface area contributed by atoms with Crippen LogP contribution in [0, 0.1) is 0 Å². The minimum Gasteiger partial charge on any atom is -0.367 e. The molecule has 128 valence electrons. The Morgan fingerprint density at radius 1 is 1.17 bits per heavy atom. The molecule has 2 aromatic carbocycles. The fourth-order valence-corrected chi connectivity index (χ4v) is 5.00. The van der Waals surface area contributed by atoms with Crippen LogP contribution in [0.15, 0.2) is 52.3 Å². The Morgan fingerprint density at radius 2 is 1.83 bits per heavy atom. The van der Waals surface area contributed by atoms with Gasteiger partial charge in [-0.2, -0.15) is 4.72 Å². The molecule has 1 atom stereocenters. The number of nitrogens with one attached hydrogen (secondary N) is 2. The molecule has 0 amide bonds. The average Bonchev–Trinajstić information content (AvgIpc) is 2.45. The van der Waals surface area contributed by atoms with E-state index in [1.165, 1.54) is 6.07 Å². The first kappa shape index (κ1) is 17.2. The zero-order valence-corrected chi connectivity index (χ0v) is 14.6. The van der Waals surface area contributed by atoms with Gasteiger partial charge >= 0.3 is 0 Å². The minimum atomic E-state index is -4.13. The molecule has 0 radical (unpaired) electrons. The molecule has 1 aliphatic rings. The van der Waals surface area contributed by atoms with E-state index in [4.69, 9.17) is 16.7 Å². The van der Waals surface area contributed by atoms with Crippen LogP contribution in [-0.2, 0) is 26.5 Å². The highest BCUT2D eigenvalue weighted by atomic mass is 35.5. The van der Waals surface area contributed by atoms with Crippen molar-refractivity contribution in [1.29, 1.82) is 0 Å². The lowest BCUT2D eigenvalue weighted by Gasteiger charge is -2.28. The molecule has 7 nitrogen and oxygen atoms in total. The maximum absolute atomic E-state index is 12.4. The molecule has 24 heavy (non-hydrogen) atoms. The predicted molar refractivity (Wildman–Crippen MR) is 90.7 cm³/mol. The van der Waals surface area contributed by atoms with E-state index < -0.39 is 31.1 Å². The van der Waals surface area contributed by atoms with Gasteiger partial charge in [0.1, 0.15) is 9.79 Å². The monoisotopic (exact) mass is 387 g/mol. The van der Waals surface area contributed by atoms with E-state index in [1.807, 2.05) is 30.3 Å². The van der Waals surface area contributed by atoms with Crippen LogP contribution in [-0.4, -0.2) is 23.0 Å². The quantitative estimate of drug-likeness (QED) is 0.732. The van der Waals surface area contributed by atoms with Crippen LogP contribution >= 0.6 is 11.6 Å². The molecule has 0 unspecified atom stereocenters. The Morgan fingerprint density at radius 3 is 2.46 bits per heavy atom. The molecule has 1 heterocycles. The van der Waals surface area contributed by atoms with Crippen molar-refractivity contribution in [2.45, 2.75) is 22.4 Å². The maximum atomic E-state index is 12.4. The van der Waals surface area contributed by atoms with E-state index in [2.05, 4.69) is 10.0 Å². The lowest BCUT2D eigenvalue weighted by Crippen LogP contribution is -2.46. The second kappa shape index (κ2) is 6.01. The normalized spacial score (nSPS) is 19.3. The fourth-order valence-electron chi connectivity index (χ4n) is 2.50. The number of anilines is 1. The summed E-state index contributed by atoms with van der Waals surface area (Å²) in [7, 11) is -8.03. The molecule has 4 N–H and O–H groups in total. The molecule has 0 spiro atoms. The summed E-state index contributed by atoms with van der Waals surface area (Å²) in [6, 6.07) is 11.6. The van der Waals surface area contributed by atoms with Crippen molar-refractivity contribution in [1.82, 2.24) is 4.72 Å². The number of benzene rings is 2. The average molecular weight is 388 g/mol. The van der Waals surface area contributed by atoms with Crippen LogP contribution in [0.4, 0.5) is 5.69 Å². The summed E-state index contributed by atoms with van der Waals surface area (Å²) < 4.78 is 50.4. The van der Waals surface area contributed by atoms with Gasteiger partial charge in [-0.1, -0.05) is 41.9 Å². The zero-order chi connectivity index (χ0) is 17.5. The van der Waals surface area contributed by atoms with Crippen LogP contribution in [0.1, 0.15) is 5.56 Å². The van der Waals surface area contributed by atoms with E-state index in [9.17, 15) is 16.8 Å². The van der Waals surface area contributed by atoms with Gasteiger partial charge in [0.05, 0.1) is 16.9 Å². The molecule has 3 rings (SSSR count). The molecule has 0 saturated heterocycles. The molecule has 0 bridgehead atoms. The SMILES string of the molecule is NS(=O)(=O)c1cc2c(cc1Cl)N[C@@H](Cc1ccccc1)NS2(=O)=O. The van der Waals surface area contributed by atoms with Crippen LogP contribution in [0.25, 0.3) is 0 Å². The summed E-state index contributed by atoms with van der Waals surface area (Å²) in [5.41, 5.74) is 1.17. The molecule has 10 heteroatoms. The Hall–Kier alpha value is -1.65. The lowest BCUT2D eigenvalue weighted by molar-refractivity contribution is 0.555. The van der Waals surface area contributed by atoms with Gasteiger partial charge in [0.15, 0.2) is 0 Å². The predicted octanol–water partition coefficient (Wildman–Crippen LogP) is 1.26. The summed E-state index contributed by atoms with van der Waals surface area (Å²) in [5.74, 6) is 0. The highest BCUT2D eigenvalue weighted by Gasteiger charge is 2.31. The third-order valence-corrected chi connectivity index (χ3v) is 6.43. The van der Waals surface area contributed by atoms with Gasteiger partial charge in [-0.25, -0.2) is 22.0 Å². The van der Waals surface area contributed by atoms with Crippen molar-refractivity contribution in [3.63, 3.8) is 0 Å². The van der Waals surface area contributed by atoms with Crippen molar-refractivity contribution in [2.75, 3.05) is 5.32 Å². The zero-order valence-electron chi connectivity index (χ0n) is 12.2. The number of hydrogen-bond acceptors (Lipinski definition) is 5. The topological polar surface area (TPSA) is 118 Å². The first-order chi connectivity index (χ1) is 11.2. The van der Waals surface area contributed by atoms with E-state index >= 15 is 0 Å². The molecule has 0 aliphatic carbocycles.